The number of thiophene rings is 2. The van der Waals surface area contributed by atoms with Crippen LogP contribution in [0.25, 0.3) is 0 Å². The molecule has 27 heavy (non-hydrogen) atoms. The van der Waals surface area contributed by atoms with Crippen molar-refractivity contribution >= 4 is 28.6 Å². The Bertz CT molecular complexity index is 909. The van der Waals surface area contributed by atoms with E-state index in [2.05, 4.69) is 48.9 Å². The van der Waals surface area contributed by atoms with Crippen molar-refractivity contribution in [3.8, 4) is 5.75 Å². The van der Waals surface area contributed by atoms with Gasteiger partial charge in [0, 0.05) is 16.3 Å². The molecule has 0 fully saturated rings. The number of carbonyl (C=O) groups is 1. The summed E-state index contributed by atoms with van der Waals surface area (Å²) < 4.78 is 5.87. The van der Waals surface area contributed by atoms with Crippen molar-refractivity contribution in [2.24, 2.45) is 0 Å². The highest BCUT2D eigenvalue weighted by Crippen LogP contribution is 2.39. The van der Waals surface area contributed by atoms with E-state index < -0.39 is 0 Å². The van der Waals surface area contributed by atoms with Gasteiger partial charge < -0.3 is 9.64 Å². The molecule has 0 saturated heterocycles. The van der Waals surface area contributed by atoms with Gasteiger partial charge in [-0.25, -0.2) is 0 Å². The number of carbonyl (C=O) groups excluding carboxylic acids is 1. The maximum absolute atomic E-state index is 13.0. The standard InChI is InChI=1S/C22H23NO2S2/c1-15-12-16(2)14-17(13-15)25-9-6-21(24)23-8-5-19-18(7-11-27-19)22(23)20-4-3-10-26-20/h3-4,7,10-14,22H,5-6,8-9H2,1-2H3. The van der Waals surface area contributed by atoms with Gasteiger partial charge in [-0.3, -0.25) is 4.79 Å². The summed E-state index contributed by atoms with van der Waals surface area (Å²) in [6.45, 7) is 5.30. The quantitative estimate of drug-likeness (QED) is 0.579. The maximum Gasteiger partial charge on any atom is 0.226 e. The molecule has 140 valence electrons. The molecule has 0 bridgehead atoms. The predicted octanol–water partition coefficient (Wildman–Crippen LogP) is 5.37. The third kappa shape index (κ3) is 3.94. The van der Waals surface area contributed by atoms with Crippen molar-refractivity contribution in [2.45, 2.75) is 32.7 Å². The monoisotopic (exact) mass is 397 g/mol. The molecular formula is C22H23NO2S2. The van der Waals surface area contributed by atoms with E-state index in [0.29, 0.717) is 13.0 Å². The molecule has 1 unspecified atom stereocenters. The Balaban J connectivity index is 1.46. The molecule has 0 radical (unpaired) electrons. The van der Waals surface area contributed by atoms with Crippen molar-refractivity contribution < 1.29 is 9.53 Å². The van der Waals surface area contributed by atoms with Crippen LogP contribution in [0, 0.1) is 13.8 Å². The average Bonchev–Trinajstić information content (AvgIpc) is 3.31. The number of fused-ring (bicyclic) bond motifs is 1. The highest BCUT2D eigenvalue weighted by Gasteiger charge is 2.33. The molecule has 0 saturated carbocycles. The Morgan fingerprint density at radius 2 is 1.96 bits per heavy atom. The fourth-order valence-corrected chi connectivity index (χ4v) is 5.51. The number of amides is 1. The van der Waals surface area contributed by atoms with Gasteiger partial charge in [0.15, 0.2) is 0 Å². The lowest BCUT2D eigenvalue weighted by molar-refractivity contribution is -0.133. The second-order valence-corrected chi connectivity index (χ2v) is 8.96. The molecule has 2 aromatic heterocycles. The summed E-state index contributed by atoms with van der Waals surface area (Å²) in [5.41, 5.74) is 3.64. The molecular weight excluding hydrogens is 374 g/mol. The van der Waals surface area contributed by atoms with E-state index in [1.54, 1.807) is 22.7 Å². The first-order valence-corrected chi connectivity index (χ1v) is 11.0. The van der Waals surface area contributed by atoms with Gasteiger partial charge in [0.2, 0.25) is 5.91 Å². The number of rotatable bonds is 5. The Morgan fingerprint density at radius 3 is 2.70 bits per heavy atom. The maximum atomic E-state index is 13.0. The third-order valence-electron chi connectivity index (χ3n) is 4.88. The van der Waals surface area contributed by atoms with E-state index >= 15 is 0 Å². The van der Waals surface area contributed by atoms with Crippen molar-refractivity contribution in [1.82, 2.24) is 4.90 Å². The number of ether oxygens (including phenoxy) is 1. The van der Waals surface area contributed by atoms with Gasteiger partial charge in [0.25, 0.3) is 0 Å². The number of benzene rings is 1. The van der Waals surface area contributed by atoms with E-state index in [-0.39, 0.29) is 11.9 Å². The van der Waals surface area contributed by atoms with Crippen molar-refractivity contribution in [3.05, 3.63) is 73.6 Å². The number of hydrogen-bond donors (Lipinski definition) is 0. The van der Waals surface area contributed by atoms with Crippen LogP contribution >= 0.6 is 22.7 Å². The molecule has 1 aliphatic rings. The van der Waals surface area contributed by atoms with Crippen LogP contribution in [-0.4, -0.2) is 24.0 Å². The molecule has 0 spiro atoms. The first-order chi connectivity index (χ1) is 13.1. The van der Waals surface area contributed by atoms with Crippen LogP contribution in [0.15, 0.2) is 47.2 Å². The van der Waals surface area contributed by atoms with Crippen LogP contribution in [0.5, 0.6) is 5.75 Å². The molecule has 0 N–H and O–H groups in total. The normalized spacial score (nSPS) is 16.2. The fraction of sp³-hybridized carbons (Fsp3) is 0.318. The highest BCUT2D eigenvalue weighted by atomic mass is 32.1. The van der Waals surface area contributed by atoms with Gasteiger partial charge in [0.05, 0.1) is 19.1 Å². The Labute approximate surface area is 168 Å². The summed E-state index contributed by atoms with van der Waals surface area (Å²) in [6, 6.07) is 12.6. The predicted molar refractivity (Wildman–Crippen MR) is 112 cm³/mol. The van der Waals surface area contributed by atoms with E-state index in [9.17, 15) is 4.79 Å². The lowest BCUT2D eigenvalue weighted by Gasteiger charge is -2.35. The zero-order valence-corrected chi connectivity index (χ0v) is 17.2. The van der Waals surface area contributed by atoms with Gasteiger partial charge in [-0.1, -0.05) is 12.1 Å². The minimum atomic E-state index is 0.0497. The highest BCUT2D eigenvalue weighted by molar-refractivity contribution is 7.10. The van der Waals surface area contributed by atoms with Crippen LogP contribution in [0.4, 0.5) is 0 Å². The summed E-state index contributed by atoms with van der Waals surface area (Å²) in [7, 11) is 0. The minimum Gasteiger partial charge on any atom is -0.493 e. The largest absolute Gasteiger partial charge is 0.493 e. The molecule has 3 heterocycles. The minimum absolute atomic E-state index is 0.0497. The van der Waals surface area contributed by atoms with E-state index in [4.69, 9.17) is 4.74 Å². The first kappa shape index (κ1) is 18.3. The molecule has 0 aliphatic carbocycles. The molecule has 1 amide bonds. The van der Waals surface area contributed by atoms with Gasteiger partial charge in [0.1, 0.15) is 5.75 Å². The summed E-state index contributed by atoms with van der Waals surface area (Å²) in [6.07, 6.45) is 1.34. The Hall–Kier alpha value is -2.11. The van der Waals surface area contributed by atoms with Crippen LogP contribution in [0.3, 0.4) is 0 Å². The third-order valence-corrected chi connectivity index (χ3v) is 6.80. The van der Waals surface area contributed by atoms with Crippen molar-refractivity contribution in [1.29, 1.82) is 0 Å². The van der Waals surface area contributed by atoms with Crippen LogP contribution in [0.2, 0.25) is 0 Å². The average molecular weight is 398 g/mol. The molecule has 1 aliphatic heterocycles. The van der Waals surface area contributed by atoms with Gasteiger partial charge in [-0.2, -0.15) is 0 Å². The second-order valence-electron chi connectivity index (χ2n) is 6.98. The summed E-state index contributed by atoms with van der Waals surface area (Å²) in [4.78, 5) is 17.7. The smallest absolute Gasteiger partial charge is 0.226 e. The molecule has 3 nitrogen and oxygen atoms in total. The van der Waals surface area contributed by atoms with E-state index in [0.717, 1.165) is 18.7 Å². The summed E-state index contributed by atoms with van der Waals surface area (Å²) >= 11 is 3.52. The molecule has 5 heteroatoms. The zero-order valence-electron chi connectivity index (χ0n) is 15.6. The topological polar surface area (TPSA) is 29.5 Å². The van der Waals surface area contributed by atoms with Crippen molar-refractivity contribution in [3.63, 3.8) is 0 Å². The summed E-state index contributed by atoms with van der Waals surface area (Å²) in [5, 5.41) is 4.23. The van der Waals surface area contributed by atoms with Gasteiger partial charge >= 0.3 is 0 Å². The second kappa shape index (κ2) is 7.87. The van der Waals surface area contributed by atoms with Gasteiger partial charge in [-0.15, -0.1) is 22.7 Å². The molecule has 1 atom stereocenters. The Morgan fingerprint density at radius 1 is 1.15 bits per heavy atom. The lowest BCUT2D eigenvalue weighted by Crippen LogP contribution is -2.40. The number of aryl methyl sites for hydroxylation is 2. The number of hydrogen-bond acceptors (Lipinski definition) is 4. The molecule has 4 rings (SSSR count). The summed E-state index contributed by atoms with van der Waals surface area (Å²) in [5.74, 6) is 1.00. The molecule has 3 aromatic rings. The van der Waals surface area contributed by atoms with Crippen LogP contribution < -0.4 is 4.74 Å². The van der Waals surface area contributed by atoms with E-state index in [1.807, 2.05) is 17.0 Å². The van der Waals surface area contributed by atoms with Crippen LogP contribution in [-0.2, 0) is 11.2 Å². The van der Waals surface area contributed by atoms with Gasteiger partial charge in [-0.05, 0) is 72.0 Å². The first-order valence-electron chi connectivity index (χ1n) is 9.22. The number of nitrogens with zero attached hydrogens (tertiary/aromatic N) is 1. The van der Waals surface area contributed by atoms with Crippen LogP contribution in [0.1, 0.15) is 38.9 Å². The lowest BCUT2D eigenvalue weighted by atomic mass is 9.98. The molecule has 1 aromatic carbocycles. The SMILES string of the molecule is Cc1cc(C)cc(OCCC(=O)N2CCc3sccc3C2c2cccs2)c1. The zero-order chi connectivity index (χ0) is 18.8. The van der Waals surface area contributed by atoms with E-state index in [1.165, 1.54) is 26.4 Å². The Kier molecular flexibility index (Phi) is 5.32. The fourth-order valence-electron chi connectivity index (χ4n) is 3.75. The van der Waals surface area contributed by atoms with Crippen molar-refractivity contribution in [2.75, 3.05) is 13.2 Å².